The van der Waals surface area contributed by atoms with Crippen molar-refractivity contribution in [1.29, 1.82) is 0 Å². The Hall–Kier alpha value is -2.33. The predicted molar refractivity (Wildman–Crippen MR) is 110 cm³/mol. The first-order valence-electron chi connectivity index (χ1n) is 9.24. The van der Waals surface area contributed by atoms with E-state index in [4.69, 9.17) is 11.6 Å². The summed E-state index contributed by atoms with van der Waals surface area (Å²) in [5.41, 5.74) is 4.57. The predicted octanol–water partition coefficient (Wildman–Crippen LogP) is 5.29. The summed E-state index contributed by atoms with van der Waals surface area (Å²) >= 11 is 6.25. The molecule has 0 spiro atoms. The Bertz CT molecular complexity index is 851. The van der Waals surface area contributed by atoms with Crippen LogP contribution < -0.4 is 10.6 Å². The highest BCUT2D eigenvalue weighted by Crippen LogP contribution is 2.41. The van der Waals surface area contributed by atoms with Crippen molar-refractivity contribution in [3.05, 3.63) is 58.1 Å². The molecular formula is C22H25ClN2O2. The maximum absolute atomic E-state index is 12.5. The fourth-order valence-electron chi connectivity index (χ4n) is 3.25. The Balaban J connectivity index is 1.58. The van der Waals surface area contributed by atoms with Gasteiger partial charge in [-0.2, -0.15) is 0 Å². The van der Waals surface area contributed by atoms with Crippen molar-refractivity contribution in [3.8, 4) is 0 Å². The second kappa shape index (κ2) is 7.73. The average Bonchev–Trinajstić information content (AvgIpc) is 3.39. The van der Waals surface area contributed by atoms with Crippen molar-refractivity contribution in [3.63, 3.8) is 0 Å². The lowest BCUT2D eigenvalue weighted by atomic mass is 10.0. The number of carbonyl (C=O) groups is 2. The molecule has 0 bridgehead atoms. The first-order chi connectivity index (χ1) is 12.8. The van der Waals surface area contributed by atoms with E-state index in [1.165, 1.54) is 5.56 Å². The van der Waals surface area contributed by atoms with Gasteiger partial charge in [-0.25, -0.2) is 0 Å². The molecule has 0 heterocycles. The van der Waals surface area contributed by atoms with Crippen LogP contribution in [0.2, 0.25) is 5.02 Å². The number of carbonyl (C=O) groups excluding carboxylic acids is 2. The fourth-order valence-corrected chi connectivity index (χ4v) is 3.62. The second-order valence-electron chi connectivity index (χ2n) is 7.64. The van der Waals surface area contributed by atoms with E-state index < -0.39 is 0 Å². The van der Waals surface area contributed by atoms with Crippen LogP contribution >= 0.6 is 11.6 Å². The van der Waals surface area contributed by atoms with Crippen molar-refractivity contribution < 1.29 is 9.59 Å². The van der Waals surface area contributed by atoms with E-state index >= 15 is 0 Å². The van der Waals surface area contributed by atoms with Gasteiger partial charge in [0.25, 0.3) is 0 Å². The summed E-state index contributed by atoms with van der Waals surface area (Å²) in [7, 11) is 0. The normalized spacial score (nSPS) is 18.3. The standard InChI is InChI=1S/C22H25ClN2O2/c1-12(2)15-5-7-16(8-6-15)24-21(26)17-11-18(17)22(27)25-20-14(4)9-13(3)10-19(20)23/h5-10,12,17-18H,11H2,1-4H3,(H,24,26)(H,25,27). The highest BCUT2D eigenvalue weighted by Gasteiger charge is 2.48. The summed E-state index contributed by atoms with van der Waals surface area (Å²) in [6.07, 6.45) is 0.560. The summed E-state index contributed by atoms with van der Waals surface area (Å²) < 4.78 is 0. The average molecular weight is 385 g/mol. The summed E-state index contributed by atoms with van der Waals surface area (Å²) in [6.45, 7) is 8.12. The Morgan fingerprint density at radius 1 is 1.00 bits per heavy atom. The third kappa shape index (κ3) is 4.51. The highest BCUT2D eigenvalue weighted by molar-refractivity contribution is 6.34. The van der Waals surface area contributed by atoms with E-state index in [0.717, 1.165) is 16.8 Å². The first kappa shape index (κ1) is 19.4. The summed E-state index contributed by atoms with van der Waals surface area (Å²) in [5, 5.41) is 6.31. The summed E-state index contributed by atoms with van der Waals surface area (Å²) in [4.78, 5) is 24.9. The molecule has 1 saturated carbocycles. The maximum atomic E-state index is 12.5. The minimum absolute atomic E-state index is 0.112. The molecule has 2 N–H and O–H groups in total. The number of amides is 2. The molecule has 1 fully saturated rings. The molecule has 3 rings (SSSR count). The number of rotatable bonds is 5. The van der Waals surface area contributed by atoms with Crippen molar-refractivity contribution in [2.75, 3.05) is 10.6 Å². The van der Waals surface area contributed by atoms with Crippen LogP contribution in [0.4, 0.5) is 11.4 Å². The van der Waals surface area contributed by atoms with Crippen molar-refractivity contribution in [2.45, 2.75) is 40.0 Å². The molecule has 2 aromatic carbocycles. The molecule has 1 aliphatic rings. The molecule has 0 radical (unpaired) electrons. The Morgan fingerprint density at radius 3 is 2.15 bits per heavy atom. The number of aryl methyl sites for hydroxylation is 2. The Morgan fingerprint density at radius 2 is 1.59 bits per heavy atom. The van der Waals surface area contributed by atoms with Gasteiger partial charge >= 0.3 is 0 Å². The zero-order valence-electron chi connectivity index (χ0n) is 16.1. The first-order valence-corrected chi connectivity index (χ1v) is 9.62. The van der Waals surface area contributed by atoms with Crippen LogP contribution in [0.15, 0.2) is 36.4 Å². The van der Waals surface area contributed by atoms with Gasteiger partial charge in [0.2, 0.25) is 11.8 Å². The minimum Gasteiger partial charge on any atom is -0.326 e. The topological polar surface area (TPSA) is 58.2 Å². The van der Waals surface area contributed by atoms with Gasteiger partial charge in [0.15, 0.2) is 0 Å². The number of hydrogen-bond acceptors (Lipinski definition) is 2. The van der Waals surface area contributed by atoms with Gasteiger partial charge in [-0.1, -0.05) is 43.6 Å². The molecule has 0 saturated heterocycles. The summed E-state index contributed by atoms with van der Waals surface area (Å²) in [6, 6.07) is 11.6. The second-order valence-corrected chi connectivity index (χ2v) is 8.05. The quantitative estimate of drug-likeness (QED) is 0.735. The Labute approximate surface area is 165 Å². The van der Waals surface area contributed by atoms with Crippen LogP contribution in [0.3, 0.4) is 0 Å². The molecule has 2 amide bonds. The van der Waals surface area contributed by atoms with E-state index in [1.54, 1.807) is 0 Å². The zero-order valence-corrected chi connectivity index (χ0v) is 16.9. The van der Waals surface area contributed by atoms with E-state index in [0.29, 0.717) is 23.0 Å². The molecule has 0 aromatic heterocycles. The number of benzene rings is 2. The van der Waals surface area contributed by atoms with Crippen molar-refractivity contribution in [1.82, 2.24) is 0 Å². The third-order valence-electron chi connectivity index (χ3n) is 4.99. The van der Waals surface area contributed by atoms with Crippen LogP contribution in [0.25, 0.3) is 0 Å². The molecule has 2 atom stereocenters. The SMILES string of the molecule is Cc1cc(C)c(NC(=O)C2CC2C(=O)Nc2ccc(C(C)C)cc2)c(Cl)c1. The number of hydrogen-bond donors (Lipinski definition) is 2. The Kier molecular flexibility index (Phi) is 5.56. The van der Waals surface area contributed by atoms with Crippen LogP contribution in [0, 0.1) is 25.7 Å². The van der Waals surface area contributed by atoms with Crippen LogP contribution in [0.1, 0.15) is 42.9 Å². The lowest BCUT2D eigenvalue weighted by Gasteiger charge is -2.12. The van der Waals surface area contributed by atoms with Crippen LogP contribution in [0.5, 0.6) is 0 Å². The molecule has 142 valence electrons. The molecular weight excluding hydrogens is 360 g/mol. The number of halogens is 1. The molecule has 4 nitrogen and oxygen atoms in total. The van der Waals surface area contributed by atoms with E-state index in [1.807, 2.05) is 50.2 Å². The molecule has 27 heavy (non-hydrogen) atoms. The molecule has 1 aliphatic carbocycles. The molecule has 2 unspecified atom stereocenters. The van der Waals surface area contributed by atoms with E-state index in [-0.39, 0.29) is 23.7 Å². The fraction of sp³-hybridized carbons (Fsp3) is 0.364. The van der Waals surface area contributed by atoms with Gasteiger partial charge in [0.1, 0.15) is 0 Å². The van der Waals surface area contributed by atoms with Crippen molar-refractivity contribution in [2.24, 2.45) is 11.8 Å². The van der Waals surface area contributed by atoms with Crippen molar-refractivity contribution >= 4 is 34.8 Å². The monoisotopic (exact) mass is 384 g/mol. The van der Waals surface area contributed by atoms with Gasteiger partial charge in [-0.05, 0) is 61.1 Å². The third-order valence-corrected chi connectivity index (χ3v) is 5.29. The van der Waals surface area contributed by atoms with Gasteiger partial charge in [-0.15, -0.1) is 0 Å². The highest BCUT2D eigenvalue weighted by atomic mass is 35.5. The summed E-state index contributed by atoms with van der Waals surface area (Å²) in [5.74, 6) is -0.419. The van der Waals surface area contributed by atoms with Crippen LogP contribution in [-0.2, 0) is 9.59 Å². The number of anilines is 2. The maximum Gasteiger partial charge on any atom is 0.228 e. The van der Waals surface area contributed by atoms with Gasteiger partial charge < -0.3 is 10.6 Å². The van der Waals surface area contributed by atoms with Gasteiger partial charge in [0.05, 0.1) is 22.5 Å². The number of nitrogens with one attached hydrogen (secondary N) is 2. The smallest absolute Gasteiger partial charge is 0.228 e. The zero-order chi connectivity index (χ0) is 19.7. The van der Waals surface area contributed by atoms with E-state index in [9.17, 15) is 9.59 Å². The molecule has 0 aliphatic heterocycles. The molecule has 2 aromatic rings. The largest absolute Gasteiger partial charge is 0.326 e. The lowest BCUT2D eigenvalue weighted by molar-refractivity contribution is -0.122. The molecule has 5 heteroatoms. The van der Waals surface area contributed by atoms with Gasteiger partial charge in [-0.3, -0.25) is 9.59 Å². The van der Waals surface area contributed by atoms with E-state index in [2.05, 4.69) is 24.5 Å². The van der Waals surface area contributed by atoms with Crippen LogP contribution in [-0.4, -0.2) is 11.8 Å². The lowest BCUT2D eigenvalue weighted by Crippen LogP contribution is -2.21. The minimum atomic E-state index is -0.309. The van der Waals surface area contributed by atoms with Gasteiger partial charge in [0, 0.05) is 5.69 Å².